The van der Waals surface area contributed by atoms with Gasteiger partial charge in [0, 0.05) is 50.3 Å². The van der Waals surface area contributed by atoms with Crippen LogP contribution in [0.2, 0.25) is 0 Å². The maximum absolute atomic E-state index is 14.0. The molecule has 0 spiro atoms. The summed E-state index contributed by atoms with van der Waals surface area (Å²) in [4.78, 5) is 22.8. The van der Waals surface area contributed by atoms with Gasteiger partial charge in [0.2, 0.25) is 5.75 Å². The minimum absolute atomic E-state index is 0.00513. The number of amides is 1. The van der Waals surface area contributed by atoms with Gasteiger partial charge in [-0.15, -0.1) is 0 Å². The summed E-state index contributed by atoms with van der Waals surface area (Å²) in [6, 6.07) is 11.7. The van der Waals surface area contributed by atoms with E-state index in [0.717, 1.165) is 47.3 Å². The number of hydrogen-bond donors (Lipinski definition) is 0. The molecule has 0 radical (unpaired) electrons. The topological polar surface area (TPSA) is 73.4 Å². The van der Waals surface area contributed by atoms with E-state index in [-0.39, 0.29) is 12.0 Å². The number of hydrogen-bond acceptors (Lipinski definition) is 7. The maximum Gasteiger partial charge on any atom is 0.254 e. The Kier molecular flexibility index (Phi) is 7.84. The van der Waals surface area contributed by atoms with Crippen molar-refractivity contribution in [1.29, 1.82) is 0 Å². The lowest BCUT2D eigenvalue weighted by Gasteiger charge is -2.28. The largest absolute Gasteiger partial charge is 0.493 e. The smallest absolute Gasteiger partial charge is 0.254 e. The molecule has 8 nitrogen and oxygen atoms in total. The van der Waals surface area contributed by atoms with Crippen molar-refractivity contribution in [2.45, 2.75) is 32.4 Å². The number of anilines is 1. The number of aromatic nitrogens is 1. The molecule has 2 heterocycles. The van der Waals surface area contributed by atoms with Gasteiger partial charge in [-0.25, -0.2) is 4.98 Å². The van der Waals surface area contributed by atoms with E-state index in [0.29, 0.717) is 35.9 Å². The molecule has 0 N–H and O–H groups in total. The van der Waals surface area contributed by atoms with Gasteiger partial charge in [-0.2, -0.15) is 0 Å². The molecule has 4 rings (SSSR count). The summed E-state index contributed by atoms with van der Waals surface area (Å²) in [6.45, 7) is 3.65. The van der Waals surface area contributed by atoms with Crippen molar-refractivity contribution in [3.8, 4) is 17.2 Å². The first-order valence-corrected chi connectivity index (χ1v) is 12.1. The van der Waals surface area contributed by atoms with E-state index in [4.69, 9.17) is 23.9 Å². The van der Waals surface area contributed by atoms with Crippen LogP contribution >= 0.6 is 0 Å². The minimum Gasteiger partial charge on any atom is -0.493 e. The van der Waals surface area contributed by atoms with Crippen LogP contribution in [-0.2, 0) is 11.3 Å². The molecular weight excluding hydrogens is 458 g/mol. The molecule has 1 aromatic heterocycles. The summed E-state index contributed by atoms with van der Waals surface area (Å²) in [7, 11) is 8.58. The maximum atomic E-state index is 14.0. The van der Waals surface area contributed by atoms with Crippen LogP contribution in [0.3, 0.4) is 0 Å². The number of benzene rings is 2. The van der Waals surface area contributed by atoms with Gasteiger partial charge in [0.15, 0.2) is 11.5 Å². The highest BCUT2D eigenvalue weighted by atomic mass is 16.5. The Hall–Kier alpha value is -3.52. The Morgan fingerprint density at radius 3 is 2.39 bits per heavy atom. The second kappa shape index (κ2) is 11.0. The van der Waals surface area contributed by atoms with Crippen LogP contribution in [0.1, 0.15) is 34.3 Å². The molecular formula is C28H35N3O5. The standard InChI is InChI=1S/C28H35N3O5/c1-18-9-7-10-19-13-21(27(30(2)3)29-25(18)19)16-31(17-22-11-8-12-36-22)28(32)20-14-23(33-4)26(35-6)24(15-20)34-5/h7,9-10,13-15,22H,8,11-12,16-17H2,1-6H3. The van der Waals surface area contributed by atoms with E-state index in [9.17, 15) is 4.79 Å². The molecule has 1 fully saturated rings. The Morgan fingerprint density at radius 2 is 1.81 bits per heavy atom. The van der Waals surface area contributed by atoms with Gasteiger partial charge in [0.1, 0.15) is 5.82 Å². The molecule has 192 valence electrons. The summed E-state index contributed by atoms with van der Waals surface area (Å²) in [5.74, 6) is 2.03. The molecule has 1 saturated heterocycles. The fourth-order valence-electron chi connectivity index (χ4n) is 4.73. The summed E-state index contributed by atoms with van der Waals surface area (Å²) < 4.78 is 22.3. The molecule has 1 aliphatic heterocycles. The Balaban J connectivity index is 1.76. The molecule has 0 bridgehead atoms. The van der Waals surface area contributed by atoms with Gasteiger partial charge in [-0.05, 0) is 43.5 Å². The number of fused-ring (bicyclic) bond motifs is 1. The summed E-state index contributed by atoms with van der Waals surface area (Å²) >= 11 is 0. The van der Waals surface area contributed by atoms with Crippen LogP contribution in [0.5, 0.6) is 17.2 Å². The summed E-state index contributed by atoms with van der Waals surface area (Å²) in [5.41, 5.74) is 3.51. The first kappa shape index (κ1) is 25.6. The average Bonchev–Trinajstić information content (AvgIpc) is 3.39. The first-order valence-electron chi connectivity index (χ1n) is 12.1. The van der Waals surface area contributed by atoms with Crippen LogP contribution in [0.4, 0.5) is 5.82 Å². The van der Waals surface area contributed by atoms with Crippen molar-refractivity contribution in [1.82, 2.24) is 9.88 Å². The molecule has 8 heteroatoms. The fourth-order valence-corrected chi connectivity index (χ4v) is 4.73. The van der Waals surface area contributed by atoms with Gasteiger partial charge in [0.05, 0.1) is 33.0 Å². The van der Waals surface area contributed by atoms with Crippen molar-refractivity contribution >= 4 is 22.6 Å². The van der Waals surface area contributed by atoms with E-state index in [1.54, 1.807) is 33.5 Å². The second-order valence-corrected chi connectivity index (χ2v) is 9.25. The predicted molar refractivity (Wildman–Crippen MR) is 141 cm³/mol. The number of rotatable bonds is 9. The number of carbonyl (C=O) groups excluding carboxylic acids is 1. The monoisotopic (exact) mass is 493 g/mol. The van der Waals surface area contributed by atoms with Gasteiger partial charge in [0.25, 0.3) is 5.91 Å². The van der Waals surface area contributed by atoms with Gasteiger partial charge >= 0.3 is 0 Å². The third-order valence-electron chi connectivity index (χ3n) is 6.54. The zero-order chi connectivity index (χ0) is 25.8. The van der Waals surface area contributed by atoms with Crippen molar-refractivity contribution in [3.05, 3.63) is 53.1 Å². The van der Waals surface area contributed by atoms with E-state index in [1.807, 2.05) is 30.0 Å². The Labute approximate surface area is 212 Å². The molecule has 2 aromatic carbocycles. The molecule has 0 aliphatic carbocycles. The molecule has 36 heavy (non-hydrogen) atoms. The van der Waals surface area contributed by atoms with E-state index in [1.165, 1.54) is 0 Å². The zero-order valence-electron chi connectivity index (χ0n) is 22.0. The van der Waals surface area contributed by atoms with Crippen LogP contribution in [0, 0.1) is 6.92 Å². The lowest BCUT2D eigenvalue weighted by Crippen LogP contribution is -2.37. The van der Waals surface area contributed by atoms with Gasteiger partial charge in [-0.1, -0.05) is 18.2 Å². The van der Waals surface area contributed by atoms with E-state index >= 15 is 0 Å². The third-order valence-corrected chi connectivity index (χ3v) is 6.54. The number of nitrogens with zero attached hydrogens (tertiary/aromatic N) is 3. The van der Waals surface area contributed by atoms with Gasteiger partial charge in [-0.3, -0.25) is 4.79 Å². The van der Waals surface area contributed by atoms with Crippen LogP contribution in [0.25, 0.3) is 10.9 Å². The highest BCUT2D eigenvalue weighted by Gasteiger charge is 2.27. The molecule has 1 unspecified atom stereocenters. The normalized spacial score (nSPS) is 15.1. The number of pyridine rings is 1. The highest BCUT2D eigenvalue weighted by molar-refractivity contribution is 5.96. The summed E-state index contributed by atoms with van der Waals surface area (Å²) in [5, 5.41) is 1.05. The molecule has 3 aromatic rings. The highest BCUT2D eigenvalue weighted by Crippen LogP contribution is 2.39. The van der Waals surface area contributed by atoms with Crippen LogP contribution in [0.15, 0.2) is 36.4 Å². The number of carbonyl (C=O) groups is 1. The van der Waals surface area contributed by atoms with Crippen LogP contribution in [-0.4, -0.2) is 70.5 Å². The molecule has 1 amide bonds. The van der Waals surface area contributed by atoms with Crippen molar-refractivity contribution in [2.24, 2.45) is 0 Å². The zero-order valence-corrected chi connectivity index (χ0v) is 22.0. The fraction of sp³-hybridized carbons (Fsp3) is 0.429. The number of para-hydroxylation sites is 1. The van der Waals surface area contributed by atoms with E-state index < -0.39 is 0 Å². The molecule has 0 saturated carbocycles. The molecule has 1 aliphatic rings. The van der Waals surface area contributed by atoms with Crippen molar-refractivity contribution in [3.63, 3.8) is 0 Å². The van der Waals surface area contributed by atoms with Crippen molar-refractivity contribution in [2.75, 3.05) is 53.5 Å². The predicted octanol–water partition coefficient (Wildman–Crippen LogP) is 4.46. The lowest BCUT2D eigenvalue weighted by atomic mass is 10.1. The first-order chi connectivity index (χ1) is 17.4. The SMILES string of the molecule is COc1cc(C(=O)N(Cc2cc3cccc(C)c3nc2N(C)C)CC2CCCO2)cc(OC)c1OC. The number of ether oxygens (including phenoxy) is 4. The second-order valence-electron chi connectivity index (χ2n) is 9.25. The molecule has 1 atom stereocenters. The van der Waals surface area contributed by atoms with Crippen molar-refractivity contribution < 1.29 is 23.7 Å². The van der Waals surface area contributed by atoms with Crippen LogP contribution < -0.4 is 19.1 Å². The third kappa shape index (κ3) is 5.18. The lowest BCUT2D eigenvalue weighted by molar-refractivity contribution is 0.0507. The van der Waals surface area contributed by atoms with Gasteiger partial charge < -0.3 is 28.7 Å². The number of methoxy groups -OCH3 is 3. The quantitative estimate of drug-likeness (QED) is 0.436. The minimum atomic E-state index is -0.140. The Morgan fingerprint density at radius 1 is 1.08 bits per heavy atom. The number of aryl methyl sites for hydroxylation is 1. The Bertz CT molecular complexity index is 1210. The average molecular weight is 494 g/mol. The van der Waals surface area contributed by atoms with E-state index in [2.05, 4.69) is 25.1 Å². The summed E-state index contributed by atoms with van der Waals surface area (Å²) in [6.07, 6.45) is 1.92.